The van der Waals surface area contributed by atoms with Crippen LogP contribution >= 0.6 is 0 Å². The first-order valence-corrected chi connectivity index (χ1v) is 8.84. The monoisotopic (exact) mass is 389 g/mol. The molecule has 3 rings (SSSR count). The highest BCUT2D eigenvalue weighted by molar-refractivity contribution is 5.95. The molecule has 0 saturated heterocycles. The molecule has 0 radical (unpaired) electrons. The molecule has 7 heteroatoms. The Morgan fingerprint density at radius 3 is 2.41 bits per heavy atom. The number of anilines is 1. The van der Waals surface area contributed by atoms with Gasteiger partial charge in [0.1, 0.15) is 5.75 Å². The third-order valence-electron chi connectivity index (χ3n) is 3.91. The SMILES string of the molecule is COc1cccc(C(=O)N=Nc2ccc(NOC(=O)Cc3ccccc3)cc2)c1. The van der Waals surface area contributed by atoms with Gasteiger partial charge in [0.05, 0.1) is 24.9 Å². The van der Waals surface area contributed by atoms with E-state index in [1.165, 1.54) is 7.11 Å². The summed E-state index contributed by atoms with van der Waals surface area (Å²) in [4.78, 5) is 29.0. The zero-order valence-electron chi connectivity index (χ0n) is 15.7. The fourth-order valence-corrected chi connectivity index (χ4v) is 2.43. The van der Waals surface area contributed by atoms with Crippen LogP contribution in [0, 0.1) is 0 Å². The molecule has 29 heavy (non-hydrogen) atoms. The van der Waals surface area contributed by atoms with E-state index in [-0.39, 0.29) is 6.42 Å². The summed E-state index contributed by atoms with van der Waals surface area (Å²) in [7, 11) is 1.53. The van der Waals surface area contributed by atoms with Crippen LogP contribution in [0.2, 0.25) is 0 Å². The molecule has 0 atom stereocenters. The van der Waals surface area contributed by atoms with Crippen LogP contribution in [0.4, 0.5) is 11.4 Å². The standard InChI is InChI=1S/C22H19N3O4/c1-28-20-9-5-8-17(15-20)22(27)24-23-18-10-12-19(13-11-18)25-29-21(26)14-16-6-3-2-4-7-16/h2-13,15,25H,14H2,1H3. The second kappa shape index (κ2) is 9.80. The fourth-order valence-electron chi connectivity index (χ4n) is 2.43. The number of nitrogens with zero attached hydrogens (tertiary/aromatic N) is 2. The molecule has 1 amide bonds. The molecule has 0 aliphatic carbocycles. The second-order valence-corrected chi connectivity index (χ2v) is 6.02. The highest BCUT2D eigenvalue weighted by Gasteiger charge is 2.06. The number of ether oxygens (including phenoxy) is 1. The van der Waals surface area contributed by atoms with Crippen molar-refractivity contribution in [1.29, 1.82) is 0 Å². The van der Waals surface area contributed by atoms with Gasteiger partial charge in [0.2, 0.25) is 0 Å². The average Bonchev–Trinajstić information content (AvgIpc) is 2.77. The molecule has 0 saturated carbocycles. The Hall–Kier alpha value is -4.00. The predicted molar refractivity (Wildman–Crippen MR) is 108 cm³/mol. The van der Waals surface area contributed by atoms with Gasteiger partial charge in [-0.15, -0.1) is 10.2 Å². The van der Waals surface area contributed by atoms with Gasteiger partial charge in [0.15, 0.2) is 0 Å². The maximum Gasteiger partial charge on any atom is 0.336 e. The summed E-state index contributed by atoms with van der Waals surface area (Å²) in [6.45, 7) is 0. The molecule has 7 nitrogen and oxygen atoms in total. The van der Waals surface area contributed by atoms with Gasteiger partial charge >= 0.3 is 5.97 Å². The van der Waals surface area contributed by atoms with Gasteiger partial charge in [-0.05, 0) is 48.0 Å². The maximum absolute atomic E-state index is 12.1. The van der Waals surface area contributed by atoms with Gasteiger partial charge in [-0.1, -0.05) is 36.4 Å². The first kappa shape index (κ1) is 19.8. The molecule has 0 bridgehead atoms. The summed E-state index contributed by atoms with van der Waals surface area (Å²) in [6, 6.07) is 22.6. The Labute approximate surface area is 168 Å². The Morgan fingerprint density at radius 1 is 0.931 bits per heavy atom. The lowest BCUT2D eigenvalue weighted by Crippen LogP contribution is -2.12. The quantitative estimate of drug-likeness (QED) is 0.466. The number of azo groups is 1. The van der Waals surface area contributed by atoms with Crippen LogP contribution in [0.1, 0.15) is 15.9 Å². The van der Waals surface area contributed by atoms with Crippen LogP contribution in [0.15, 0.2) is 89.1 Å². The van der Waals surface area contributed by atoms with E-state index in [0.29, 0.717) is 22.7 Å². The first-order chi connectivity index (χ1) is 14.1. The van der Waals surface area contributed by atoms with Crippen molar-refractivity contribution in [2.45, 2.75) is 6.42 Å². The van der Waals surface area contributed by atoms with E-state index in [1.54, 1.807) is 48.5 Å². The summed E-state index contributed by atoms with van der Waals surface area (Å²) >= 11 is 0. The van der Waals surface area contributed by atoms with Gasteiger partial charge in [-0.2, -0.15) is 0 Å². The number of rotatable bonds is 7. The Balaban J connectivity index is 1.52. The zero-order valence-corrected chi connectivity index (χ0v) is 15.7. The molecule has 3 aromatic carbocycles. The molecule has 3 aromatic rings. The van der Waals surface area contributed by atoms with Crippen molar-refractivity contribution in [3.63, 3.8) is 0 Å². The van der Waals surface area contributed by atoms with Crippen molar-refractivity contribution >= 4 is 23.3 Å². The van der Waals surface area contributed by atoms with Crippen LogP contribution in [0.5, 0.6) is 5.75 Å². The molecular formula is C22H19N3O4. The average molecular weight is 389 g/mol. The lowest BCUT2D eigenvalue weighted by atomic mass is 10.2. The van der Waals surface area contributed by atoms with Gasteiger partial charge < -0.3 is 9.57 Å². The van der Waals surface area contributed by atoms with Gasteiger partial charge in [-0.3, -0.25) is 4.79 Å². The fraction of sp³-hybridized carbons (Fsp3) is 0.0909. The van der Waals surface area contributed by atoms with E-state index in [4.69, 9.17) is 9.57 Å². The highest BCUT2D eigenvalue weighted by atomic mass is 16.7. The van der Waals surface area contributed by atoms with Crippen LogP contribution in [-0.2, 0) is 16.1 Å². The predicted octanol–water partition coefficient (Wildman–Crippen LogP) is 4.73. The minimum atomic E-state index is -0.471. The summed E-state index contributed by atoms with van der Waals surface area (Å²) < 4.78 is 5.09. The molecule has 0 aromatic heterocycles. The van der Waals surface area contributed by atoms with Crippen molar-refractivity contribution < 1.29 is 19.2 Å². The second-order valence-electron chi connectivity index (χ2n) is 6.02. The molecule has 0 aliphatic rings. The number of amides is 1. The Bertz CT molecular complexity index is 1000. The molecule has 146 valence electrons. The molecule has 0 heterocycles. The number of nitrogens with one attached hydrogen (secondary N) is 1. The third kappa shape index (κ3) is 6.00. The van der Waals surface area contributed by atoms with E-state index in [0.717, 1.165) is 5.56 Å². The maximum atomic E-state index is 12.1. The molecule has 0 aliphatic heterocycles. The van der Waals surface area contributed by atoms with Crippen molar-refractivity contribution in [2.24, 2.45) is 10.2 Å². The normalized spacial score (nSPS) is 10.5. The minimum Gasteiger partial charge on any atom is -0.497 e. The number of methoxy groups -OCH3 is 1. The highest BCUT2D eigenvalue weighted by Crippen LogP contribution is 2.18. The largest absolute Gasteiger partial charge is 0.497 e. The smallest absolute Gasteiger partial charge is 0.336 e. The molecule has 0 unspecified atom stereocenters. The summed E-state index contributed by atoms with van der Waals surface area (Å²) in [6.07, 6.45) is 0.173. The van der Waals surface area contributed by atoms with Gasteiger partial charge in [0, 0.05) is 5.56 Å². The number of hydrogen-bond acceptors (Lipinski definition) is 6. The van der Waals surface area contributed by atoms with Crippen molar-refractivity contribution in [1.82, 2.24) is 0 Å². The number of benzene rings is 3. The van der Waals surface area contributed by atoms with E-state index in [1.807, 2.05) is 30.3 Å². The van der Waals surface area contributed by atoms with E-state index in [9.17, 15) is 9.59 Å². The van der Waals surface area contributed by atoms with Crippen LogP contribution in [-0.4, -0.2) is 19.0 Å². The van der Waals surface area contributed by atoms with E-state index in [2.05, 4.69) is 15.7 Å². The lowest BCUT2D eigenvalue weighted by molar-refractivity contribution is -0.139. The number of carbonyl (C=O) groups is 2. The van der Waals surface area contributed by atoms with Crippen molar-refractivity contribution in [3.05, 3.63) is 90.0 Å². The molecule has 0 spiro atoms. The molecule has 1 N–H and O–H groups in total. The summed E-state index contributed by atoms with van der Waals surface area (Å²) in [5.74, 6) is -0.298. The number of carbonyl (C=O) groups excluding carboxylic acids is 2. The first-order valence-electron chi connectivity index (χ1n) is 8.84. The molecular weight excluding hydrogens is 370 g/mol. The van der Waals surface area contributed by atoms with E-state index < -0.39 is 11.9 Å². The molecule has 0 fully saturated rings. The summed E-state index contributed by atoms with van der Waals surface area (Å²) in [5.41, 5.74) is 4.91. The van der Waals surface area contributed by atoms with Crippen LogP contribution < -0.4 is 10.2 Å². The van der Waals surface area contributed by atoms with Crippen molar-refractivity contribution in [2.75, 3.05) is 12.6 Å². The van der Waals surface area contributed by atoms with Crippen molar-refractivity contribution in [3.8, 4) is 5.75 Å². The minimum absolute atomic E-state index is 0.173. The van der Waals surface area contributed by atoms with Gasteiger partial charge in [-0.25, -0.2) is 10.3 Å². The Kier molecular flexibility index (Phi) is 6.67. The van der Waals surface area contributed by atoms with E-state index >= 15 is 0 Å². The van der Waals surface area contributed by atoms with Crippen LogP contribution in [0.25, 0.3) is 0 Å². The summed E-state index contributed by atoms with van der Waals surface area (Å²) in [5, 5.41) is 7.64. The van der Waals surface area contributed by atoms with Gasteiger partial charge in [0.25, 0.3) is 5.91 Å². The third-order valence-corrected chi connectivity index (χ3v) is 3.91. The lowest BCUT2D eigenvalue weighted by Gasteiger charge is -2.07. The topological polar surface area (TPSA) is 89.3 Å². The zero-order chi connectivity index (χ0) is 20.5. The van der Waals surface area contributed by atoms with Crippen LogP contribution in [0.3, 0.4) is 0 Å². The number of hydrogen-bond donors (Lipinski definition) is 1. The Morgan fingerprint density at radius 2 is 1.69 bits per heavy atom.